The summed E-state index contributed by atoms with van der Waals surface area (Å²) in [6.45, 7) is 0.364. The molecule has 0 aliphatic heterocycles. The third kappa shape index (κ3) is 5.71. The lowest BCUT2D eigenvalue weighted by atomic mass is 10.1. The van der Waals surface area contributed by atoms with Crippen LogP contribution in [0.1, 0.15) is 42.9 Å². The molecule has 2 aromatic carbocycles. The van der Waals surface area contributed by atoms with E-state index in [2.05, 4.69) is 10.4 Å². The molecule has 3 aromatic rings. The molecule has 1 fully saturated rings. The molecule has 0 atom stereocenters. The third-order valence-electron chi connectivity index (χ3n) is 5.59. The van der Waals surface area contributed by atoms with Crippen molar-refractivity contribution in [2.45, 2.75) is 50.9 Å². The summed E-state index contributed by atoms with van der Waals surface area (Å²) in [4.78, 5) is 25.0. The van der Waals surface area contributed by atoms with Gasteiger partial charge >= 0.3 is 11.9 Å². The molecule has 1 saturated carbocycles. The van der Waals surface area contributed by atoms with Crippen molar-refractivity contribution in [2.24, 2.45) is 0 Å². The van der Waals surface area contributed by atoms with Crippen LogP contribution in [0, 0.1) is 0 Å². The summed E-state index contributed by atoms with van der Waals surface area (Å²) in [5.74, 6) is 0.112. The highest BCUT2D eigenvalue weighted by molar-refractivity contribution is 5.75. The molecule has 0 radical (unpaired) electrons. The van der Waals surface area contributed by atoms with Gasteiger partial charge in [0.05, 0.1) is 12.1 Å². The van der Waals surface area contributed by atoms with Crippen LogP contribution in [0.3, 0.4) is 0 Å². The predicted molar refractivity (Wildman–Crippen MR) is 118 cm³/mol. The molecule has 6 nitrogen and oxygen atoms in total. The van der Waals surface area contributed by atoms with E-state index < -0.39 is 11.7 Å². The second-order valence-corrected chi connectivity index (χ2v) is 8.20. The lowest BCUT2D eigenvalue weighted by Gasteiger charge is -2.09. The second kappa shape index (κ2) is 9.64. The Morgan fingerprint density at radius 1 is 1.09 bits per heavy atom. The normalized spacial score (nSPS) is 13.8. The molecule has 0 spiro atoms. The number of alkyl halides is 3. The highest BCUT2D eigenvalue weighted by atomic mass is 19.4. The van der Waals surface area contributed by atoms with E-state index >= 15 is 0 Å². The van der Waals surface area contributed by atoms with E-state index in [1.54, 1.807) is 0 Å². The number of halogens is 3. The van der Waals surface area contributed by atoms with Crippen molar-refractivity contribution < 1.29 is 18.0 Å². The molecule has 1 N–H and O–H groups in total. The van der Waals surface area contributed by atoms with Gasteiger partial charge in [-0.15, -0.1) is 5.10 Å². The largest absolute Gasteiger partial charge is 0.416 e. The summed E-state index contributed by atoms with van der Waals surface area (Å²) >= 11 is 0. The van der Waals surface area contributed by atoms with Gasteiger partial charge in [0.1, 0.15) is 0 Å². The van der Waals surface area contributed by atoms with Crippen molar-refractivity contribution in [3.63, 3.8) is 0 Å². The smallest absolute Gasteiger partial charge is 0.354 e. The summed E-state index contributed by atoms with van der Waals surface area (Å²) in [6.07, 6.45) is -1.01. The number of amides is 1. The summed E-state index contributed by atoms with van der Waals surface area (Å²) in [5.41, 5.74) is 0.262. The highest BCUT2D eigenvalue weighted by Gasteiger charge is 2.33. The molecule has 0 bridgehead atoms. The third-order valence-corrected chi connectivity index (χ3v) is 5.59. The van der Waals surface area contributed by atoms with Crippen LogP contribution in [-0.2, 0) is 23.9 Å². The Hall–Kier alpha value is -3.36. The van der Waals surface area contributed by atoms with Crippen LogP contribution < -0.4 is 11.0 Å². The zero-order valence-electron chi connectivity index (χ0n) is 18.0. The van der Waals surface area contributed by atoms with Gasteiger partial charge in [0.25, 0.3) is 0 Å². The van der Waals surface area contributed by atoms with Gasteiger partial charge in [0, 0.05) is 24.6 Å². The summed E-state index contributed by atoms with van der Waals surface area (Å²) in [5, 5.41) is 7.10. The van der Waals surface area contributed by atoms with Gasteiger partial charge in [0.15, 0.2) is 5.82 Å². The van der Waals surface area contributed by atoms with Gasteiger partial charge in [0.2, 0.25) is 5.91 Å². The molecular weight excluding hydrogens is 433 g/mol. The van der Waals surface area contributed by atoms with Gasteiger partial charge in [-0.25, -0.2) is 9.48 Å². The van der Waals surface area contributed by atoms with Crippen LogP contribution in [0.5, 0.6) is 0 Å². The number of rotatable bonds is 9. The Balaban J connectivity index is 1.39. The minimum Gasteiger partial charge on any atom is -0.354 e. The molecule has 9 heteroatoms. The van der Waals surface area contributed by atoms with Crippen LogP contribution in [0.4, 0.5) is 13.2 Å². The monoisotopic (exact) mass is 458 g/mol. The van der Waals surface area contributed by atoms with Gasteiger partial charge in [-0.1, -0.05) is 42.5 Å². The molecule has 1 aliphatic rings. The fourth-order valence-electron chi connectivity index (χ4n) is 3.75. The Morgan fingerprint density at radius 3 is 2.55 bits per heavy atom. The van der Waals surface area contributed by atoms with E-state index in [4.69, 9.17) is 0 Å². The van der Waals surface area contributed by atoms with Crippen molar-refractivity contribution in [3.8, 4) is 11.4 Å². The zero-order valence-corrected chi connectivity index (χ0v) is 18.0. The van der Waals surface area contributed by atoms with Crippen LogP contribution in [0.15, 0.2) is 59.4 Å². The Bertz CT molecular complexity index is 1160. The molecule has 33 heavy (non-hydrogen) atoms. The number of aryl methyl sites for hydroxylation is 1. The number of benzene rings is 2. The average molecular weight is 458 g/mol. The van der Waals surface area contributed by atoms with Crippen LogP contribution in [-0.4, -0.2) is 26.8 Å². The summed E-state index contributed by atoms with van der Waals surface area (Å²) < 4.78 is 42.1. The molecule has 1 amide bonds. The number of carbonyl (C=O) groups excluding carboxylic acids is 1. The maximum Gasteiger partial charge on any atom is 0.416 e. The Morgan fingerprint density at radius 2 is 1.85 bits per heavy atom. The average Bonchev–Trinajstić information content (AvgIpc) is 3.58. The number of hydrogen-bond donors (Lipinski definition) is 1. The lowest BCUT2D eigenvalue weighted by molar-refractivity contribution is -0.137. The fourth-order valence-corrected chi connectivity index (χ4v) is 3.75. The maximum atomic E-state index is 13.1. The second-order valence-electron chi connectivity index (χ2n) is 8.20. The predicted octanol–water partition coefficient (Wildman–Crippen LogP) is 4.20. The summed E-state index contributed by atoms with van der Waals surface area (Å²) in [6, 6.07) is 14.7. The minimum absolute atomic E-state index is 0.0524. The first-order chi connectivity index (χ1) is 15.8. The van der Waals surface area contributed by atoms with Crippen molar-refractivity contribution >= 4 is 5.91 Å². The highest BCUT2D eigenvalue weighted by Crippen LogP contribution is 2.37. The van der Waals surface area contributed by atoms with Gasteiger partial charge < -0.3 is 5.32 Å². The SMILES string of the molecule is O=C(CCCc1ccccc1)NCCn1nc(-c2cccc(C(F)(F)F)c2)n(C2CC2)c1=O. The number of nitrogens with zero attached hydrogens (tertiary/aromatic N) is 3. The first-order valence-corrected chi connectivity index (χ1v) is 11.0. The van der Waals surface area contributed by atoms with E-state index in [1.165, 1.54) is 26.9 Å². The number of aromatic nitrogens is 3. The van der Waals surface area contributed by atoms with E-state index in [1.807, 2.05) is 30.3 Å². The molecule has 4 rings (SSSR count). The topological polar surface area (TPSA) is 68.9 Å². The molecule has 0 unspecified atom stereocenters. The fraction of sp³-hybridized carbons (Fsp3) is 0.375. The first-order valence-electron chi connectivity index (χ1n) is 11.0. The Kier molecular flexibility index (Phi) is 6.67. The van der Waals surface area contributed by atoms with Crippen molar-refractivity contribution in [1.29, 1.82) is 0 Å². The van der Waals surface area contributed by atoms with Crippen molar-refractivity contribution in [2.75, 3.05) is 6.54 Å². The van der Waals surface area contributed by atoms with Crippen molar-refractivity contribution in [1.82, 2.24) is 19.7 Å². The molecule has 0 saturated heterocycles. The number of carbonyl (C=O) groups is 1. The van der Waals surface area contributed by atoms with Crippen LogP contribution >= 0.6 is 0 Å². The molecule has 1 aromatic heterocycles. The first kappa shape index (κ1) is 22.8. The summed E-state index contributed by atoms with van der Waals surface area (Å²) in [7, 11) is 0. The van der Waals surface area contributed by atoms with Crippen LogP contribution in [0.2, 0.25) is 0 Å². The quantitative estimate of drug-likeness (QED) is 0.523. The molecule has 1 aliphatic carbocycles. The number of hydrogen-bond acceptors (Lipinski definition) is 3. The van der Waals surface area contributed by atoms with Crippen LogP contribution in [0.25, 0.3) is 11.4 Å². The number of nitrogens with one attached hydrogen (secondary N) is 1. The molecule has 174 valence electrons. The van der Waals surface area contributed by atoms with E-state index in [0.29, 0.717) is 12.8 Å². The maximum absolute atomic E-state index is 13.1. The van der Waals surface area contributed by atoms with E-state index in [9.17, 15) is 22.8 Å². The minimum atomic E-state index is -4.48. The van der Waals surface area contributed by atoms with E-state index in [0.717, 1.165) is 31.4 Å². The Labute approximate surface area is 189 Å². The standard InChI is InChI=1S/C24H25F3N4O2/c25-24(26,27)19-10-5-9-18(16-19)22-29-30(23(33)31(22)20-12-13-20)15-14-28-21(32)11-4-8-17-6-2-1-3-7-17/h1-3,5-7,9-10,16,20H,4,8,11-15H2,(H,28,32). The zero-order chi connectivity index (χ0) is 23.4. The van der Waals surface area contributed by atoms with Gasteiger partial charge in [-0.3, -0.25) is 9.36 Å². The van der Waals surface area contributed by atoms with Gasteiger partial charge in [-0.05, 0) is 43.4 Å². The van der Waals surface area contributed by atoms with E-state index in [-0.39, 0.29) is 42.1 Å². The van der Waals surface area contributed by atoms with Gasteiger partial charge in [-0.2, -0.15) is 13.2 Å². The molecule has 1 heterocycles. The van der Waals surface area contributed by atoms with Crippen molar-refractivity contribution in [3.05, 3.63) is 76.2 Å². The lowest BCUT2D eigenvalue weighted by Crippen LogP contribution is -2.32. The molecular formula is C24H25F3N4O2.